The minimum absolute atomic E-state index is 0.0161. The van der Waals surface area contributed by atoms with Crippen molar-refractivity contribution in [1.29, 1.82) is 0 Å². The van der Waals surface area contributed by atoms with Gasteiger partial charge >= 0.3 is 0 Å². The fourth-order valence-electron chi connectivity index (χ4n) is 3.08. The van der Waals surface area contributed by atoms with E-state index in [9.17, 15) is 14.4 Å². The second-order valence-electron chi connectivity index (χ2n) is 7.31. The highest BCUT2D eigenvalue weighted by atomic mass is 127. The van der Waals surface area contributed by atoms with Gasteiger partial charge < -0.3 is 14.8 Å². The van der Waals surface area contributed by atoms with Gasteiger partial charge in [-0.1, -0.05) is 17.7 Å². The first kappa shape index (κ1) is 24.6. The van der Waals surface area contributed by atoms with Crippen molar-refractivity contribution in [3.8, 4) is 11.5 Å². The van der Waals surface area contributed by atoms with Crippen molar-refractivity contribution in [3.63, 3.8) is 0 Å². The predicted molar refractivity (Wildman–Crippen MR) is 137 cm³/mol. The van der Waals surface area contributed by atoms with Gasteiger partial charge in [0.05, 0.1) is 10.7 Å². The maximum absolute atomic E-state index is 12.6. The molecule has 3 amide bonds. The topological polar surface area (TPSA) is 88.2 Å². The van der Waals surface area contributed by atoms with Crippen LogP contribution in [0.4, 0.5) is 5.69 Å². The van der Waals surface area contributed by atoms with Gasteiger partial charge in [0.2, 0.25) is 0 Å². The van der Waals surface area contributed by atoms with Crippen LogP contribution in [-0.2, 0) is 14.4 Å². The summed E-state index contributed by atoms with van der Waals surface area (Å²) in [7, 11) is 4.51. The average molecular weight is 579 g/mol. The SMILES string of the molecule is COc1cc(C=C2C(=O)N(C)C(=S)N(C)C2=O)cc(I)c1OCC(=O)Nc1ccc(C)cc1. The maximum atomic E-state index is 12.6. The van der Waals surface area contributed by atoms with Crippen LogP contribution in [0.25, 0.3) is 6.08 Å². The molecule has 2 aromatic carbocycles. The van der Waals surface area contributed by atoms with Crippen LogP contribution in [0.5, 0.6) is 11.5 Å². The molecule has 2 aromatic rings. The van der Waals surface area contributed by atoms with Crippen LogP contribution in [0.2, 0.25) is 0 Å². The third-order valence-electron chi connectivity index (χ3n) is 4.89. The molecular formula is C23H22IN3O5S. The Bertz CT molecular complexity index is 1140. The van der Waals surface area contributed by atoms with Crippen LogP contribution in [-0.4, -0.2) is 60.4 Å². The number of benzene rings is 2. The van der Waals surface area contributed by atoms with E-state index in [4.69, 9.17) is 21.7 Å². The van der Waals surface area contributed by atoms with Crippen molar-refractivity contribution >= 4 is 69.4 Å². The van der Waals surface area contributed by atoms with Gasteiger partial charge in [-0.05, 0) is 77.6 Å². The Kier molecular flexibility index (Phi) is 7.69. The van der Waals surface area contributed by atoms with Gasteiger partial charge in [-0.2, -0.15) is 0 Å². The molecule has 0 unspecified atom stereocenters. The molecule has 0 spiro atoms. The van der Waals surface area contributed by atoms with E-state index < -0.39 is 11.8 Å². The third kappa shape index (κ3) is 5.50. The molecule has 10 heteroatoms. The van der Waals surface area contributed by atoms with Crippen molar-refractivity contribution in [2.24, 2.45) is 0 Å². The highest BCUT2D eigenvalue weighted by molar-refractivity contribution is 14.1. The number of anilines is 1. The van der Waals surface area contributed by atoms with Crippen LogP contribution in [0.15, 0.2) is 42.0 Å². The minimum Gasteiger partial charge on any atom is -0.493 e. The van der Waals surface area contributed by atoms with Gasteiger partial charge in [0.25, 0.3) is 17.7 Å². The summed E-state index contributed by atoms with van der Waals surface area (Å²) in [6.07, 6.45) is 1.48. The number of amides is 3. The Labute approximate surface area is 210 Å². The number of hydrogen-bond donors (Lipinski definition) is 1. The summed E-state index contributed by atoms with van der Waals surface area (Å²) in [6.45, 7) is 1.75. The first-order valence-electron chi connectivity index (χ1n) is 9.81. The van der Waals surface area contributed by atoms with Crippen molar-refractivity contribution in [2.45, 2.75) is 6.92 Å². The van der Waals surface area contributed by atoms with Crippen LogP contribution < -0.4 is 14.8 Å². The lowest BCUT2D eigenvalue weighted by atomic mass is 10.1. The molecule has 0 bridgehead atoms. The van der Waals surface area contributed by atoms with Crippen molar-refractivity contribution in [2.75, 3.05) is 33.1 Å². The van der Waals surface area contributed by atoms with Gasteiger partial charge in [0.15, 0.2) is 23.2 Å². The summed E-state index contributed by atoms with van der Waals surface area (Å²) in [5, 5.41) is 2.91. The number of halogens is 1. The number of carbonyl (C=O) groups excluding carboxylic acids is 3. The summed E-state index contributed by atoms with van der Waals surface area (Å²) >= 11 is 7.16. The largest absolute Gasteiger partial charge is 0.493 e. The number of aryl methyl sites for hydroxylation is 1. The van der Waals surface area contributed by atoms with Gasteiger partial charge in [-0.25, -0.2) is 0 Å². The number of nitrogens with zero attached hydrogens (tertiary/aromatic N) is 2. The molecule has 0 radical (unpaired) electrons. The predicted octanol–water partition coefficient (Wildman–Crippen LogP) is 3.22. The average Bonchev–Trinajstić information content (AvgIpc) is 2.79. The van der Waals surface area contributed by atoms with Crippen molar-refractivity contribution in [3.05, 3.63) is 56.7 Å². The molecule has 0 atom stereocenters. The molecule has 1 aliphatic rings. The molecule has 1 heterocycles. The Balaban J connectivity index is 1.79. The van der Waals surface area contributed by atoms with E-state index in [0.29, 0.717) is 26.3 Å². The maximum Gasteiger partial charge on any atom is 0.265 e. The van der Waals surface area contributed by atoms with Gasteiger partial charge in [-0.15, -0.1) is 0 Å². The van der Waals surface area contributed by atoms with Crippen molar-refractivity contribution in [1.82, 2.24) is 9.80 Å². The summed E-state index contributed by atoms with van der Waals surface area (Å²) in [5.41, 5.74) is 2.32. The van der Waals surface area contributed by atoms with E-state index in [1.165, 1.54) is 37.1 Å². The number of carbonyl (C=O) groups is 3. The molecule has 3 rings (SSSR count). The zero-order valence-corrected chi connectivity index (χ0v) is 21.4. The normalized spacial score (nSPS) is 13.8. The standard InChI is InChI=1S/C23H22IN3O5S/c1-13-5-7-15(8-6-13)25-19(28)12-32-20-17(24)10-14(11-18(20)31-4)9-16-21(29)26(2)23(33)27(3)22(16)30/h5-11H,12H2,1-4H3,(H,25,28). The number of rotatable bonds is 6. The molecule has 0 saturated carbocycles. The zero-order valence-electron chi connectivity index (χ0n) is 18.5. The first-order valence-corrected chi connectivity index (χ1v) is 11.3. The van der Waals surface area contributed by atoms with E-state index in [1.54, 1.807) is 12.1 Å². The van der Waals surface area contributed by atoms with Gasteiger partial charge in [0.1, 0.15) is 5.57 Å². The van der Waals surface area contributed by atoms with Gasteiger partial charge in [0, 0.05) is 19.8 Å². The molecule has 1 fully saturated rings. The number of hydrogen-bond acceptors (Lipinski definition) is 6. The van der Waals surface area contributed by atoms with Crippen molar-refractivity contribution < 1.29 is 23.9 Å². The minimum atomic E-state index is -0.481. The molecule has 172 valence electrons. The Hall–Kier alpha value is -2.99. The fourth-order valence-corrected chi connectivity index (χ4v) is 4.02. The van der Waals surface area contributed by atoms with E-state index in [0.717, 1.165) is 5.56 Å². The summed E-state index contributed by atoms with van der Waals surface area (Å²) in [6, 6.07) is 10.8. The fraction of sp³-hybridized carbons (Fsp3) is 0.217. The van der Waals surface area contributed by atoms with E-state index in [1.807, 2.05) is 53.8 Å². The smallest absolute Gasteiger partial charge is 0.265 e. The molecule has 0 aliphatic carbocycles. The lowest BCUT2D eigenvalue weighted by molar-refractivity contribution is -0.132. The molecule has 1 aliphatic heterocycles. The molecule has 8 nitrogen and oxygen atoms in total. The summed E-state index contributed by atoms with van der Waals surface area (Å²) in [4.78, 5) is 39.9. The van der Waals surface area contributed by atoms with E-state index >= 15 is 0 Å². The monoisotopic (exact) mass is 579 g/mol. The highest BCUT2D eigenvalue weighted by Gasteiger charge is 2.35. The van der Waals surface area contributed by atoms with E-state index in [2.05, 4.69) is 5.32 Å². The number of ether oxygens (including phenoxy) is 2. The number of likely N-dealkylation sites (N-methyl/N-ethyl adjacent to an activating group) is 2. The lowest BCUT2D eigenvalue weighted by Crippen LogP contribution is -2.52. The lowest BCUT2D eigenvalue weighted by Gasteiger charge is -2.31. The van der Waals surface area contributed by atoms with Crippen LogP contribution in [0.1, 0.15) is 11.1 Å². The second-order valence-corrected chi connectivity index (χ2v) is 8.83. The first-order chi connectivity index (χ1) is 15.6. The molecule has 1 N–H and O–H groups in total. The van der Waals surface area contributed by atoms with Crippen LogP contribution in [0.3, 0.4) is 0 Å². The van der Waals surface area contributed by atoms with Crippen LogP contribution in [0, 0.1) is 10.5 Å². The summed E-state index contributed by atoms with van der Waals surface area (Å²) in [5.74, 6) is -0.528. The number of methoxy groups -OCH3 is 1. The number of nitrogens with one attached hydrogen (secondary N) is 1. The molecule has 0 aromatic heterocycles. The third-order valence-corrected chi connectivity index (χ3v) is 6.24. The molecule has 1 saturated heterocycles. The molecule has 33 heavy (non-hydrogen) atoms. The Morgan fingerprint density at radius 3 is 2.30 bits per heavy atom. The summed E-state index contributed by atoms with van der Waals surface area (Å²) < 4.78 is 11.8. The second kappa shape index (κ2) is 10.3. The number of thiocarbonyl (C=S) groups is 1. The molecular weight excluding hydrogens is 557 g/mol. The Morgan fingerprint density at radius 2 is 1.73 bits per heavy atom. The quantitative estimate of drug-likeness (QED) is 0.245. The zero-order chi connectivity index (χ0) is 24.3. The Morgan fingerprint density at radius 1 is 1.12 bits per heavy atom. The van der Waals surface area contributed by atoms with Crippen LogP contribution >= 0.6 is 34.8 Å². The highest BCUT2D eigenvalue weighted by Crippen LogP contribution is 2.35. The van der Waals surface area contributed by atoms with Gasteiger partial charge in [-0.3, -0.25) is 24.2 Å². The van der Waals surface area contributed by atoms with E-state index in [-0.39, 0.29) is 23.2 Å².